The van der Waals surface area contributed by atoms with Gasteiger partial charge < -0.3 is 20.5 Å². The van der Waals surface area contributed by atoms with Crippen molar-refractivity contribution in [3.63, 3.8) is 0 Å². The summed E-state index contributed by atoms with van der Waals surface area (Å²) < 4.78 is 0. The van der Waals surface area contributed by atoms with Gasteiger partial charge in [0.05, 0.1) is 10.3 Å². The molecule has 8 heteroatoms. The van der Waals surface area contributed by atoms with Crippen molar-refractivity contribution in [2.45, 2.75) is 32.2 Å². The van der Waals surface area contributed by atoms with E-state index in [1.165, 1.54) is 0 Å². The fraction of sp³-hybridized carbons (Fsp3) is 0.500. The topological polar surface area (TPSA) is 91.1 Å². The summed E-state index contributed by atoms with van der Waals surface area (Å²) in [5.74, 6) is 1.80. The number of carbonyl (C=O) groups is 1. The summed E-state index contributed by atoms with van der Waals surface area (Å²) in [5.41, 5.74) is 8.06. The van der Waals surface area contributed by atoms with Crippen LogP contribution in [0.1, 0.15) is 24.8 Å². The number of anilines is 1. The number of aryl methyl sites for hydroxylation is 1. The highest BCUT2D eigenvalue weighted by molar-refractivity contribution is 8.04. The van der Waals surface area contributed by atoms with Crippen LogP contribution in [0.3, 0.4) is 0 Å². The van der Waals surface area contributed by atoms with Gasteiger partial charge in [-0.1, -0.05) is 6.42 Å². The summed E-state index contributed by atoms with van der Waals surface area (Å²) in [6.45, 7) is 4.29. The zero-order chi connectivity index (χ0) is 18.1. The van der Waals surface area contributed by atoms with E-state index in [1.54, 1.807) is 18.1 Å². The molecule has 0 spiro atoms. The van der Waals surface area contributed by atoms with Crippen molar-refractivity contribution in [1.82, 2.24) is 19.9 Å². The number of hydrogen-bond donors (Lipinski definition) is 2. The van der Waals surface area contributed by atoms with E-state index < -0.39 is 0 Å². The molecule has 0 unspecified atom stereocenters. The highest BCUT2D eigenvalue weighted by atomic mass is 32.2. The molecule has 0 aromatic carbocycles. The number of thioether (sulfide) groups is 1. The molecule has 0 aliphatic carbocycles. The van der Waals surface area contributed by atoms with Crippen molar-refractivity contribution < 1.29 is 4.79 Å². The second-order valence-electron chi connectivity index (χ2n) is 6.93. The average Bonchev–Trinajstić information content (AvgIpc) is 2.91. The molecule has 3 N–H and O–H groups in total. The minimum Gasteiger partial charge on any atom is -0.346 e. The number of aromatic amines is 1. The number of aromatic nitrogens is 3. The summed E-state index contributed by atoms with van der Waals surface area (Å²) in [6, 6.07) is 0.0794. The maximum Gasteiger partial charge on any atom is 0.261 e. The average molecular weight is 372 g/mol. The Kier molecular flexibility index (Phi) is 4.86. The van der Waals surface area contributed by atoms with Crippen LogP contribution in [-0.2, 0) is 4.79 Å². The largest absolute Gasteiger partial charge is 0.346 e. The van der Waals surface area contributed by atoms with Crippen molar-refractivity contribution >= 4 is 34.5 Å². The quantitative estimate of drug-likeness (QED) is 0.838. The molecule has 26 heavy (non-hydrogen) atoms. The molecule has 138 valence electrons. The van der Waals surface area contributed by atoms with E-state index in [9.17, 15) is 4.79 Å². The first-order chi connectivity index (χ1) is 12.6. The Labute approximate surface area is 157 Å². The van der Waals surface area contributed by atoms with Gasteiger partial charge in [-0.15, -0.1) is 11.8 Å². The van der Waals surface area contributed by atoms with Gasteiger partial charge in [-0.25, -0.2) is 9.97 Å². The van der Waals surface area contributed by atoms with E-state index >= 15 is 0 Å². The number of amides is 1. The lowest BCUT2D eigenvalue weighted by atomic mass is 10.2. The lowest BCUT2D eigenvalue weighted by molar-refractivity contribution is -0.126. The second-order valence-corrected chi connectivity index (χ2v) is 8.07. The Morgan fingerprint density at radius 2 is 2.23 bits per heavy atom. The maximum absolute atomic E-state index is 13.0. The van der Waals surface area contributed by atoms with E-state index in [2.05, 4.69) is 19.9 Å². The van der Waals surface area contributed by atoms with Crippen molar-refractivity contribution in [1.29, 1.82) is 0 Å². The molecule has 2 aromatic heterocycles. The minimum atomic E-state index is 0.0794. The van der Waals surface area contributed by atoms with Crippen molar-refractivity contribution in [3.8, 4) is 0 Å². The number of fused-ring (bicyclic) bond motifs is 1. The number of H-pyrrole nitrogens is 1. The maximum atomic E-state index is 13.0. The molecular formula is C18H24N6OS. The van der Waals surface area contributed by atoms with E-state index in [0.717, 1.165) is 65.4 Å². The van der Waals surface area contributed by atoms with Gasteiger partial charge in [0.1, 0.15) is 17.8 Å². The Morgan fingerprint density at radius 3 is 3.12 bits per heavy atom. The van der Waals surface area contributed by atoms with E-state index in [-0.39, 0.29) is 11.9 Å². The molecule has 2 aliphatic heterocycles. The summed E-state index contributed by atoms with van der Waals surface area (Å²) >= 11 is 1.62. The van der Waals surface area contributed by atoms with E-state index in [0.29, 0.717) is 6.54 Å². The Bertz CT molecular complexity index is 847. The molecule has 1 amide bonds. The number of carbonyl (C=O) groups excluding carboxylic acids is 1. The van der Waals surface area contributed by atoms with Crippen LogP contribution in [0, 0.1) is 6.92 Å². The monoisotopic (exact) mass is 372 g/mol. The smallest absolute Gasteiger partial charge is 0.261 e. The van der Waals surface area contributed by atoms with Gasteiger partial charge in [0.2, 0.25) is 0 Å². The van der Waals surface area contributed by atoms with Crippen LogP contribution in [0.2, 0.25) is 0 Å². The fourth-order valence-corrected chi connectivity index (χ4v) is 4.57. The summed E-state index contributed by atoms with van der Waals surface area (Å²) in [7, 11) is 0. The number of nitrogens with one attached hydrogen (secondary N) is 1. The SMILES string of the molecule is Cc1c[nH]c2ncnc(N3C=C(C(=O)N4CCCC[C@@H](N)C4)SCC3)c12. The molecule has 0 radical (unpaired) electrons. The van der Waals surface area contributed by atoms with Crippen LogP contribution in [-0.4, -0.2) is 57.2 Å². The highest BCUT2D eigenvalue weighted by Gasteiger charge is 2.26. The first kappa shape index (κ1) is 17.4. The van der Waals surface area contributed by atoms with Crippen LogP contribution in [0.25, 0.3) is 11.0 Å². The van der Waals surface area contributed by atoms with Gasteiger partial charge in [-0.3, -0.25) is 4.79 Å². The predicted octanol–water partition coefficient (Wildman–Crippen LogP) is 2.00. The van der Waals surface area contributed by atoms with Crippen LogP contribution in [0.15, 0.2) is 23.6 Å². The number of nitrogens with two attached hydrogens (primary N) is 1. The molecule has 2 aliphatic rings. The van der Waals surface area contributed by atoms with Gasteiger partial charge in [0.15, 0.2) is 0 Å². The molecule has 4 heterocycles. The van der Waals surface area contributed by atoms with Crippen molar-refractivity contribution in [3.05, 3.63) is 29.2 Å². The molecule has 4 rings (SSSR count). The molecule has 1 saturated heterocycles. The molecule has 1 fully saturated rings. The lowest BCUT2D eigenvalue weighted by Gasteiger charge is -2.29. The third-order valence-electron chi connectivity index (χ3n) is 4.99. The van der Waals surface area contributed by atoms with Crippen LogP contribution >= 0.6 is 11.8 Å². The van der Waals surface area contributed by atoms with Gasteiger partial charge in [-0.05, 0) is 25.3 Å². The van der Waals surface area contributed by atoms with E-state index in [1.807, 2.05) is 24.2 Å². The number of nitrogens with zero attached hydrogens (tertiary/aromatic N) is 4. The van der Waals surface area contributed by atoms with Crippen LogP contribution in [0.4, 0.5) is 5.82 Å². The fourth-order valence-electron chi connectivity index (χ4n) is 3.61. The molecular weight excluding hydrogens is 348 g/mol. The lowest BCUT2D eigenvalue weighted by Crippen LogP contribution is -2.41. The third kappa shape index (κ3) is 3.31. The van der Waals surface area contributed by atoms with Crippen molar-refractivity contribution in [2.75, 3.05) is 30.3 Å². The van der Waals surface area contributed by atoms with Gasteiger partial charge in [-0.2, -0.15) is 0 Å². The normalized spacial score (nSPS) is 21.6. The Morgan fingerprint density at radius 1 is 1.35 bits per heavy atom. The first-order valence-corrected chi connectivity index (χ1v) is 10.1. The second kappa shape index (κ2) is 7.28. The molecule has 2 aromatic rings. The number of rotatable bonds is 2. The summed E-state index contributed by atoms with van der Waals surface area (Å²) in [4.78, 5) is 29.7. The highest BCUT2D eigenvalue weighted by Crippen LogP contribution is 2.31. The zero-order valence-corrected chi connectivity index (χ0v) is 15.8. The summed E-state index contributed by atoms with van der Waals surface area (Å²) in [6.07, 6.45) is 8.56. The van der Waals surface area contributed by atoms with Gasteiger partial charge in [0.25, 0.3) is 5.91 Å². The van der Waals surface area contributed by atoms with Crippen LogP contribution in [0.5, 0.6) is 0 Å². The number of hydrogen-bond acceptors (Lipinski definition) is 6. The molecule has 0 saturated carbocycles. The van der Waals surface area contributed by atoms with Crippen LogP contribution < -0.4 is 10.6 Å². The first-order valence-electron chi connectivity index (χ1n) is 9.08. The number of likely N-dealkylation sites (tertiary alicyclic amines) is 1. The summed E-state index contributed by atoms with van der Waals surface area (Å²) in [5, 5.41) is 1.01. The van der Waals surface area contributed by atoms with Crippen molar-refractivity contribution in [2.24, 2.45) is 5.73 Å². The third-order valence-corrected chi connectivity index (χ3v) is 5.97. The Hall–Kier alpha value is -2.06. The standard InChI is InChI=1S/C18H24N6OS/c1-12-8-20-16-15(12)17(22-11-21-16)23-6-7-26-14(10-23)18(25)24-5-3-2-4-13(19)9-24/h8,10-11,13H,2-7,9,19H2,1H3,(H,20,21,22)/t13-/m1/s1. The zero-order valence-electron chi connectivity index (χ0n) is 14.9. The molecule has 1 atom stereocenters. The Balaban J connectivity index is 1.63. The predicted molar refractivity (Wildman–Crippen MR) is 105 cm³/mol. The van der Waals surface area contributed by atoms with Gasteiger partial charge >= 0.3 is 0 Å². The minimum absolute atomic E-state index is 0.0794. The van der Waals surface area contributed by atoms with Gasteiger partial charge in [0, 0.05) is 43.8 Å². The molecule has 7 nitrogen and oxygen atoms in total. The molecule has 0 bridgehead atoms. The van der Waals surface area contributed by atoms with E-state index in [4.69, 9.17) is 5.73 Å².